The zero-order valence-electron chi connectivity index (χ0n) is 8.44. The Hall–Kier alpha value is -0.0800. The molecule has 0 aliphatic carbocycles. The van der Waals surface area contributed by atoms with Gasteiger partial charge in [-0.3, -0.25) is 0 Å². The normalized spacial score (nSPS) is 30.5. The van der Waals surface area contributed by atoms with E-state index in [1.807, 2.05) is 4.90 Å². The maximum atomic E-state index is 3.91. The molecule has 0 aromatic heterocycles. The lowest BCUT2D eigenvalue weighted by Crippen LogP contribution is -3.16. The smallest absolute Gasteiger partial charge is 0.0872 e. The topological polar surface area (TPSA) is 32.1 Å². The van der Waals surface area contributed by atoms with Crippen molar-refractivity contribution in [1.82, 2.24) is 0 Å². The predicted molar refractivity (Wildman–Crippen MR) is 51.0 cm³/mol. The third kappa shape index (κ3) is 2.76. The van der Waals surface area contributed by atoms with Crippen LogP contribution in [0.3, 0.4) is 0 Å². The van der Waals surface area contributed by atoms with Crippen molar-refractivity contribution in [2.24, 2.45) is 0 Å². The minimum absolute atomic E-state index is 0.963. The van der Waals surface area contributed by atoms with Crippen LogP contribution in [0.25, 0.3) is 0 Å². The van der Waals surface area contributed by atoms with Gasteiger partial charge < -0.3 is 10.6 Å². The first-order chi connectivity index (χ1) is 5.88. The van der Waals surface area contributed by atoms with Gasteiger partial charge in [-0.25, -0.2) is 0 Å². The maximum Gasteiger partial charge on any atom is 0.0872 e. The van der Waals surface area contributed by atoms with Crippen LogP contribution in [0.1, 0.15) is 39.0 Å². The van der Waals surface area contributed by atoms with Crippen LogP contribution in [0.5, 0.6) is 0 Å². The first-order valence-corrected chi connectivity index (χ1v) is 5.52. The molecule has 1 fully saturated rings. The van der Waals surface area contributed by atoms with Crippen LogP contribution in [-0.4, -0.2) is 25.7 Å². The molecule has 0 aromatic carbocycles. The van der Waals surface area contributed by atoms with Gasteiger partial charge in [0.15, 0.2) is 0 Å². The summed E-state index contributed by atoms with van der Waals surface area (Å²) in [5.74, 6) is 0. The molecule has 0 aromatic rings. The fraction of sp³-hybridized carbons (Fsp3) is 1.00. The maximum absolute atomic E-state index is 3.91. The van der Waals surface area contributed by atoms with Gasteiger partial charge >= 0.3 is 0 Å². The highest BCUT2D eigenvalue weighted by molar-refractivity contribution is 4.59. The molecule has 0 spiro atoms. The highest BCUT2D eigenvalue weighted by atomic mass is 15.2. The number of hydrogen-bond acceptors (Lipinski definition) is 0. The van der Waals surface area contributed by atoms with Gasteiger partial charge in [-0.15, -0.1) is 0 Å². The van der Waals surface area contributed by atoms with Crippen molar-refractivity contribution in [1.29, 1.82) is 0 Å². The zero-order valence-corrected chi connectivity index (χ0v) is 8.44. The number of nitrogens with one attached hydrogen (secondary N) is 1. The molecule has 0 saturated carbocycles. The molecule has 0 bridgehead atoms. The third-order valence-electron chi connectivity index (χ3n) is 3.12. The Bertz CT molecular complexity index is 114. The molecule has 4 N–H and O–H groups in total. The Balaban J connectivity index is 2.26. The van der Waals surface area contributed by atoms with Crippen LogP contribution in [0.4, 0.5) is 0 Å². The van der Waals surface area contributed by atoms with Gasteiger partial charge in [0, 0.05) is 6.42 Å². The minimum atomic E-state index is 0.963. The van der Waals surface area contributed by atoms with Gasteiger partial charge in [-0.05, 0) is 25.7 Å². The zero-order chi connectivity index (χ0) is 8.81. The van der Waals surface area contributed by atoms with E-state index in [-0.39, 0.29) is 0 Å². The Kier molecular flexibility index (Phi) is 4.62. The van der Waals surface area contributed by atoms with Crippen LogP contribution < -0.4 is 10.6 Å². The number of likely N-dealkylation sites (tertiary alicyclic amines) is 1. The fourth-order valence-electron chi connectivity index (χ4n) is 2.33. The summed E-state index contributed by atoms with van der Waals surface area (Å²) < 4.78 is 0. The molecule has 2 atom stereocenters. The van der Waals surface area contributed by atoms with Crippen molar-refractivity contribution < 1.29 is 10.6 Å². The van der Waals surface area contributed by atoms with E-state index in [1.54, 1.807) is 0 Å². The quantitative estimate of drug-likeness (QED) is 0.571. The van der Waals surface area contributed by atoms with Crippen LogP contribution in [0, 0.1) is 0 Å². The van der Waals surface area contributed by atoms with Gasteiger partial charge in [0.1, 0.15) is 0 Å². The van der Waals surface area contributed by atoms with Gasteiger partial charge in [-0.1, -0.05) is 6.92 Å². The van der Waals surface area contributed by atoms with Gasteiger partial charge in [0.2, 0.25) is 0 Å². The standard InChI is InChI=1S/C10H22N2/c1-2-10-6-3-4-8-12(10)9-5-7-11/h10H,2-9,11H2,1H3/p+2/t10-/m1/s1. The molecular formula is C10H24N2+2. The van der Waals surface area contributed by atoms with Crippen molar-refractivity contribution >= 4 is 0 Å². The van der Waals surface area contributed by atoms with Crippen molar-refractivity contribution in [3.8, 4) is 0 Å². The largest absolute Gasteiger partial charge is 0.357 e. The number of rotatable bonds is 4. The molecule has 1 rings (SSSR count). The van der Waals surface area contributed by atoms with Crippen molar-refractivity contribution in [3.05, 3.63) is 0 Å². The van der Waals surface area contributed by atoms with E-state index in [1.165, 1.54) is 45.2 Å². The van der Waals surface area contributed by atoms with Crippen molar-refractivity contribution in [3.63, 3.8) is 0 Å². The first-order valence-electron chi connectivity index (χ1n) is 5.52. The molecule has 1 aliphatic heterocycles. The second-order valence-electron chi connectivity index (χ2n) is 3.97. The Morgan fingerprint density at radius 3 is 2.92 bits per heavy atom. The molecule has 1 heterocycles. The van der Waals surface area contributed by atoms with Crippen LogP contribution >= 0.6 is 0 Å². The SMILES string of the molecule is CC[C@@H]1CCCC[NH+]1CCC[NH3+]. The van der Waals surface area contributed by atoms with Gasteiger partial charge in [0.25, 0.3) is 0 Å². The second-order valence-corrected chi connectivity index (χ2v) is 3.97. The second kappa shape index (κ2) is 5.55. The highest BCUT2D eigenvalue weighted by Gasteiger charge is 2.23. The van der Waals surface area contributed by atoms with E-state index in [2.05, 4.69) is 12.7 Å². The molecule has 0 amide bonds. The predicted octanol–water partition coefficient (Wildman–Crippen LogP) is -0.534. The van der Waals surface area contributed by atoms with Gasteiger partial charge in [0.05, 0.1) is 25.7 Å². The van der Waals surface area contributed by atoms with Crippen LogP contribution in [-0.2, 0) is 0 Å². The van der Waals surface area contributed by atoms with E-state index >= 15 is 0 Å². The summed E-state index contributed by atoms with van der Waals surface area (Å²) in [5.41, 5.74) is 3.91. The molecule has 1 saturated heterocycles. The summed E-state index contributed by atoms with van der Waals surface area (Å²) in [7, 11) is 0. The molecule has 72 valence electrons. The molecule has 2 heteroatoms. The van der Waals surface area contributed by atoms with E-state index < -0.39 is 0 Å². The molecule has 2 nitrogen and oxygen atoms in total. The molecular weight excluding hydrogens is 148 g/mol. The summed E-state index contributed by atoms with van der Waals surface area (Å²) in [6.45, 7) is 6.22. The number of quaternary nitrogens is 2. The summed E-state index contributed by atoms with van der Waals surface area (Å²) >= 11 is 0. The Labute approximate surface area is 76.1 Å². The van der Waals surface area contributed by atoms with Crippen LogP contribution in [0.15, 0.2) is 0 Å². The Morgan fingerprint density at radius 2 is 2.25 bits per heavy atom. The minimum Gasteiger partial charge on any atom is -0.357 e. The van der Waals surface area contributed by atoms with Gasteiger partial charge in [-0.2, -0.15) is 0 Å². The molecule has 1 aliphatic rings. The number of hydrogen-bond donors (Lipinski definition) is 2. The van der Waals surface area contributed by atoms with Crippen molar-refractivity contribution in [2.75, 3.05) is 19.6 Å². The van der Waals surface area contributed by atoms with E-state index in [9.17, 15) is 0 Å². The number of piperidine rings is 1. The van der Waals surface area contributed by atoms with E-state index in [4.69, 9.17) is 0 Å². The molecule has 0 radical (unpaired) electrons. The summed E-state index contributed by atoms with van der Waals surface area (Å²) in [6.07, 6.45) is 7.05. The van der Waals surface area contributed by atoms with Crippen molar-refractivity contribution in [2.45, 2.75) is 45.1 Å². The fourth-order valence-corrected chi connectivity index (χ4v) is 2.33. The summed E-state index contributed by atoms with van der Waals surface area (Å²) in [6, 6.07) is 0.963. The monoisotopic (exact) mass is 172 g/mol. The van der Waals surface area contributed by atoms with E-state index in [0.717, 1.165) is 12.6 Å². The molecule has 12 heavy (non-hydrogen) atoms. The lowest BCUT2D eigenvalue weighted by molar-refractivity contribution is -0.931. The summed E-state index contributed by atoms with van der Waals surface area (Å²) in [5, 5.41) is 0. The van der Waals surface area contributed by atoms with E-state index in [0.29, 0.717) is 0 Å². The average Bonchev–Trinajstić information content (AvgIpc) is 2.15. The Morgan fingerprint density at radius 1 is 1.42 bits per heavy atom. The third-order valence-corrected chi connectivity index (χ3v) is 3.12. The summed E-state index contributed by atoms with van der Waals surface area (Å²) in [4.78, 5) is 1.85. The lowest BCUT2D eigenvalue weighted by Gasteiger charge is -2.31. The average molecular weight is 172 g/mol. The molecule has 1 unspecified atom stereocenters. The highest BCUT2D eigenvalue weighted by Crippen LogP contribution is 2.05. The van der Waals surface area contributed by atoms with Crippen LogP contribution in [0.2, 0.25) is 0 Å². The lowest BCUT2D eigenvalue weighted by atomic mass is 10.00. The first kappa shape index (κ1) is 10.0.